The van der Waals surface area contributed by atoms with Crippen molar-refractivity contribution in [1.29, 1.82) is 0 Å². The molecule has 0 aliphatic heterocycles. The molecule has 1 aromatic carbocycles. The number of nitrogens with two attached hydrogens (primary N) is 1. The van der Waals surface area contributed by atoms with Crippen molar-refractivity contribution in [3.05, 3.63) is 33.0 Å². The Morgan fingerprint density at radius 1 is 1.50 bits per heavy atom. The lowest BCUT2D eigenvalue weighted by molar-refractivity contribution is 0.514. The smallest absolute Gasteiger partial charge is 0.143 e. The third kappa shape index (κ3) is 3.23. The van der Waals surface area contributed by atoms with Gasteiger partial charge in [-0.15, -0.1) is 0 Å². The number of benzene rings is 1. The molecule has 0 heterocycles. The molecule has 1 aromatic rings. The molecule has 0 fully saturated rings. The molecule has 0 bridgehead atoms. The van der Waals surface area contributed by atoms with E-state index in [9.17, 15) is 4.39 Å². The molecule has 1 rings (SSSR count). The fourth-order valence-electron chi connectivity index (χ4n) is 1.23. The van der Waals surface area contributed by atoms with Crippen molar-refractivity contribution in [2.45, 2.75) is 25.8 Å². The van der Waals surface area contributed by atoms with Crippen molar-refractivity contribution in [3.63, 3.8) is 0 Å². The van der Waals surface area contributed by atoms with E-state index in [1.165, 1.54) is 6.07 Å². The average Bonchev–Trinajstić information content (AvgIpc) is 1.96. The molecule has 1 nitrogen and oxygen atoms in total. The molecule has 0 amide bonds. The Hall–Kier alpha value is -0.120. The molecule has 78 valence electrons. The minimum absolute atomic E-state index is 0.159. The summed E-state index contributed by atoms with van der Waals surface area (Å²) in [7, 11) is 0. The van der Waals surface area contributed by atoms with E-state index in [1.54, 1.807) is 6.07 Å². The number of halogens is 3. The van der Waals surface area contributed by atoms with E-state index in [-0.39, 0.29) is 5.02 Å². The van der Waals surface area contributed by atoms with E-state index in [2.05, 4.69) is 15.9 Å². The van der Waals surface area contributed by atoms with Crippen molar-refractivity contribution in [3.8, 4) is 0 Å². The van der Waals surface area contributed by atoms with Gasteiger partial charge in [0.05, 0.1) is 5.02 Å². The van der Waals surface area contributed by atoms with Crippen LogP contribution in [0.1, 0.15) is 19.4 Å². The van der Waals surface area contributed by atoms with Crippen LogP contribution in [0.25, 0.3) is 0 Å². The molecule has 0 aliphatic rings. The monoisotopic (exact) mass is 279 g/mol. The Morgan fingerprint density at radius 3 is 2.57 bits per heavy atom. The van der Waals surface area contributed by atoms with Crippen LogP contribution in [-0.2, 0) is 6.42 Å². The van der Waals surface area contributed by atoms with E-state index < -0.39 is 11.4 Å². The summed E-state index contributed by atoms with van der Waals surface area (Å²) in [6.07, 6.45) is 0.544. The summed E-state index contributed by atoms with van der Waals surface area (Å²) >= 11 is 9.04. The van der Waals surface area contributed by atoms with Crippen molar-refractivity contribution in [2.24, 2.45) is 5.73 Å². The number of hydrogen-bond donors (Lipinski definition) is 1. The first-order valence-electron chi connectivity index (χ1n) is 4.22. The first-order chi connectivity index (χ1) is 6.29. The van der Waals surface area contributed by atoms with Gasteiger partial charge in [0.2, 0.25) is 0 Å². The standard InChI is InChI=1S/C10H12BrClFN/c1-10(2,14)5-6-3-7(11)4-8(13)9(6)12/h3-4H,5,14H2,1-2H3. The largest absolute Gasteiger partial charge is 0.325 e. The average molecular weight is 281 g/mol. The molecule has 0 unspecified atom stereocenters. The van der Waals surface area contributed by atoms with Gasteiger partial charge < -0.3 is 5.73 Å². The summed E-state index contributed by atoms with van der Waals surface area (Å²) in [5.41, 5.74) is 6.18. The second-order valence-corrected chi connectivity index (χ2v) is 5.32. The van der Waals surface area contributed by atoms with Gasteiger partial charge in [-0.25, -0.2) is 4.39 Å². The molecule has 4 heteroatoms. The van der Waals surface area contributed by atoms with Gasteiger partial charge in [-0.1, -0.05) is 27.5 Å². The Kier molecular flexibility index (Phi) is 3.56. The summed E-state index contributed by atoms with van der Waals surface area (Å²) in [5.74, 6) is -0.416. The molecule has 0 aromatic heterocycles. The summed E-state index contributed by atoms with van der Waals surface area (Å²) in [5, 5.41) is 0.159. The summed E-state index contributed by atoms with van der Waals surface area (Å²) in [6, 6.07) is 3.13. The highest BCUT2D eigenvalue weighted by Crippen LogP contribution is 2.27. The molecule has 0 saturated heterocycles. The molecule has 0 spiro atoms. The van der Waals surface area contributed by atoms with Gasteiger partial charge in [0.1, 0.15) is 5.82 Å². The predicted octanol–water partition coefficient (Wildman–Crippen LogP) is 3.52. The first-order valence-corrected chi connectivity index (χ1v) is 5.39. The predicted molar refractivity (Wildman–Crippen MR) is 61.1 cm³/mol. The summed E-state index contributed by atoms with van der Waals surface area (Å²) in [4.78, 5) is 0. The van der Waals surface area contributed by atoms with Crippen molar-refractivity contribution in [2.75, 3.05) is 0 Å². The highest BCUT2D eigenvalue weighted by atomic mass is 79.9. The molecular formula is C10H12BrClFN. The van der Waals surface area contributed by atoms with Crippen LogP contribution in [-0.4, -0.2) is 5.54 Å². The fraction of sp³-hybridized carbons (Fsp3) is 0.400. The summed E-state index contributed by atoms with van der Waals surface area (Å²) < 4.78 is 13.9. The van der Waals surface area contributed by atoms with E-state index >= 15 is 0 Å². The third-order valence-electron chi connectivity index (χ3n) is 1.71. The minimum atomic E-state index is -0.416. The summed E-state index contributed by atoms with van der Waals surface area (Å²) in [6.45, 7) is 3.75. The van der Waals surface area contributed by atoms with Crippen LogP contribution in [0.4, 0.5) is 4.39 Å². The van der Waals surface area contributed by atoms with Gasteiger partial charge in [0, 0.05) is 10.0 Å². The van der Waals surface area contributed by atoms with Gasteiger partial charge >= 0.3 is 0 Å². The quantitative estimate of drug-likeness (QED) is 0.824. The van der Waals surface area contributed by atoms with Crippen LogP contribution < -0.4 is 5.73 Å². The highest BCUT2D eigenvalue weighted by Gasteiger charge is 2.16. The zero-order valence-corrected chi connectivity index (χ0v) is 10.4. The van der Waals surface area contributed by atoms with Gasteiger partial charge in [-0.05, 0) is 38.0 Å². The molecule has 14 heavy (non-hydrogen) atoms. The van der Waals surface area contributed by atoms with Crippen molar-refractivity contribution < 1.29 is 4.39 Å². The Balaban J connectivity index is 3.09. The third-order valence-corrected chi connectivity index (χ3v) is 2.60. The maximum atomic E-state index is 13.2. The molecule has 2 N–H and O–H groups in total. The van der Waals surface area contributed by atoms with Gasteiger partial charge in [0.15, 0.2) is 0 Å². The lowest BCUT2D eigenvalue weighted by atomic mass is 9.96. The highest BCUT2D eigenvalue weighted by molar-refractivity contribution is 9.10. The normalized spacial score (nSPS) is 11.9. The van der Waals surface area contributed by atoms with E-state index in [0.717, 1.165) is 5.56 Å². The molecular weight excluding hydrogens is 268 g/mol. The van der Waals surface area contributed by atoms with E-state index in [1.807, 2.05) is 13.8 Å². The van der Waals surface area contributed by atoms with Gasteiger partial charge in [0.25, 0.3) is 0 Å². The van der Waals surface area contributed by atoms with Crippen LogP contribution in [0.2, 0.25) is 5.02 Å². The molecule has 0 aliphatic carbocycles. The maximum absolute atomic E-state index is 13.2. The minimum Gasteiger partial charge on any atom is -0.325 e. The maximum Gasteiger partial charge on any atom is 0.143 e. The Morgan fingerprint density at radius 2 is 2.07 bits per heavy atom. The van der Waals surface area contributed by atoms with Crippen LogP contribution >= 0.6 is 27.5 Å². The SMILES string of the molecule is CC(C)(N)Cc1cc(Br)cc(F)c1Cl. The van der Waals surface area contributed by atoms with Crippen LogP contribution in [0.5, 0.6) is 0 Å². The van der Waals surface area contributed by atoms with Crippen LogP contribution in [0.15, 0.2) is 16.6 Å². The van der Waals surface area contributed by atoms with Gasteiger partial charge in [-0.3, -0.25) is 0 Å². The zero-order chi connectivity index (χ0) is 10.9. The molecule has 0 atom stereocenters. The second-order valence-electron chi connectivity index (χ2n) is 4.03. The molecule has 0 radical (unpaired) electrons. The lowest BCUT2D eigenvalue weighted by Gasteiger charge is -2.19. The fourth-order valence-corrected chi connectivity index (χ4v) is 1.88. The number of rotatable bonds is 2. The van der Waals surface area contributed by atoms with Crippen molar-refractivity contribution in [1.82, 2.24) is 0 Å². The van der Waals surface area contributed by atoms with Crippen molar-refractivity contribution >= 4 is 27.5 Å². The van der Waals surface area contributed by atoms with E-state index in [4.69, 9.17) is 17.3 Å². The van der Waals surface area contributed by atoms with Crippen LogP contribution in [0.3, 0.4) is 0 Å². The Bertz CT molecular complexity index is 347. The molecule has 0 saturated carbocycles. The first kappa shape index (κ1) is 12.0. The lowest BCUT2D eigenvalue weighted by Crippen LogP contribution is -2.34. The van der Waals surface area contributed by atoms with Gasteiger partial charge in [-0.2, -0.15) is 0 Å². The van der Waals surface area contributed by atoms with Crippen LogP contribution in [0, 0.1) is 5.82 Å². The number of hydrogen-bond acceptors (Lipinski definition) is 1. The Labute approximate surface area is 96.6 Å². The topological polar surface area (TPSA) is 26.0 Å². The van der Waals surface area contributed by atoms with E-state index in [0.29, 0.717) is 10.9 Å². The zero-order valence-electron chi connectivity index (χ0n) is 8.07. The second kappa shape index (κ2) is 4.17.